The van der Waals surface area contributed by atoms with Gasteiger partial charge in [0.2, 0.25) is 0 Å². The number of benzene rings is 2. The molecule has 0 radical (unpaired) electrons. The minimum Gasteiger partial charge on any atom is -0.378 e. The summed E-state index contributed by atoms with van der Waals surface area (Å²) >= 11 is 0. The van der Waals surface area contributed by atoms with Gasteiger partial charge in [-0.25, -0.2) is 18.2 Å². The molecule has 1 aliphatic heterocycles. The molecule has 0 aliphatic carbocycles. The van der Waals surface area contributed by atoms with Crippen molar-refractivity contribution in [2.75, 3.05) is 36.3 Å². The number of nitrogens with one attached hydrogen (secondary N) is 2. The Labute approximate surface area is 242 Å². The average molecular weight is 585 g/mol. The number of carbonyl (C=O) groups is 1. The van der Waals surface area contributed by atoms with Crippen LogP contribution in [0.3, 0.4) is 0 Å². The van der Waals surface area contributed by atoms with Gasteiger partial charge in [-0.1, -0.05) is 6.07 Å². The quantitative estimate of drug-likeness (QED) is 0.304. The maximum Gasteiger partial charge on any atom is 0.321 e. The molecule has 0 spiro atoms. The lowest BCUT2D eigenvalue weighted by atomic mass is 10.1. The zero-order valence-electron chi connectivity index (χ0n) is 23.0. The lowest BCUT2D eigenvalue weighted by Gasteiger charge is -2.27. The van der Waals surface area contributed by atoms with Crippen molar-refractivity contribution in [1.82, 2.24) is 29.6 Å². The second-order valence-electron chi connectivity index (χ2n) is 9.94. The van der Waals surface area contributed by atoms with Crippen molar-refractivity contribution in [3.63, 3.8) is 0 Å². The number of aryl methyl sites for hydroxylation is 2. The van der Waals surface area contributed by atoms with Crippen LogP contribution >= 0.6 is 0 Å². The van der Waals surface area contributed by atoms with Crippen molar-refractivity contribution < 1.29 is 17.9 Å². The SMILES string of the molecule is Cc1cc(NC(=O)N2CCOCC2)ccc1S(=O)(=O)Nc1cncc(-c2ccc3ncc(-c4cnn(C)c4)nc3c2)c1. The van der Waals surface area contributed by atoms with Crippen LogP contribution in [0.25, 0.3) is 33.4 Å². The van der Waals surface area contributed by atoms with Crippen LogP contribution < -0.4 is 10.0 Å². The summed E-state index contributed by atoms with van der Waals surface area (Å²) in [6.07, 6.45) is 8.43. The van der Waals surface area contributed by atoms with Crippen LogP contribution in [-0.4, -0.2) is 70.4 Å². The van der Waals surface area contributed by atoms with Crippen LogP contribution in [0.15, 0.2) is 78.3 Å². The van der Waals surface area contributed by atoms with E-state index in [1.165, 1.54) is 12.3 Å². The third-order valence-electron chi connectivity index (χ3n) is 6.88. The topological polar surface area (TPSA) is 144 Å². The Bertz CT molecular complexity index is 1900. The molecule has 214 valence electrons. The molecule has 42 heavy (non-hydrogen) atoms. The van der Waals surface area contributed by atoms with Crippen LogP contribution in [0.1, 0.15) is 5.56 Å². The molecule has 0 saturated carbocycles. The number of hydrogen-bond acceptors (Lipinski definition) is 8. The minimum atomic E-state index is -3.94. The Hall–Kier alpha value is -4.88. The van der Waals surface area contributed by atoms with Crippen LogP contribution in [-0.2, 0) is 21.8 Å². The van der Waals surface area contributed by atoms with Gasteiger partial charge in [-0.05, 0) is 54.4 Å². The Balaban J connectivity index is 1.21. The second-order valence-corrected chi connectivity index (χ2v) is 11.6. The van der Waals surface area contributed by atoms with Crippen molar-refractivity contribution in [3.8, 4) is 22.4 Å². The molecule has 4 heterocycles. The number of rotatable bonds is 6. The number of aromatic nitrogens is 5. The van der Waals surface area contributed by atoms with E-state index in [0.717, 1.165) is 16.6 Å². The van der Waals surface area contributed by atoms with Gasteiger partial charge in [0.05, 0.1) is 59.1 Å². The molecular weight excluding hydrogens is 556 g/mol. The molecule has 2 amide bonds. The predicted molar refractivity (Wildman–Crippen MR) is 158 cm³/mol. The molecule has 2 N–H and O–H groups in total. The summed E-state index contributed by atoms with van der Waals surface area (Å²) in [5.74, 6) is 0. The number of amides is 2. The average Bonchev–Trinajstić information content (AvgIpc) is 3.43. The number of hydrogen-bond donors (Lipinski definition) is 2. The highest BCUT2D eigenvalue weighted by atomic mass is 32.2. The summed E-state index contributed by atoms with van der Waals surface area (Å²) in [5.41, 5.74) is 5.82. The van der Waals surface area contributed by atoms with Gasteiger partial charge in [0, 0.05) is 49.3 Å². The number of nitrogens with zero attached hydrogens (tertiary/aromatic N) is 6. The van der Waals surface area contributed by atoms with Crippen LogP contribution in [0.2, 0.25) is 0 Å². The maximum atomic E-state index is 13.3. The van der Waals surface area contributed by atoms with E-state index in [-0.39, 0.29) is 10.9 Å². The molecular formula is C29H28N8O4S. The third kappa shape index (κ3) is 5.78. The first-order valence-electron chi connectivity index (χ1n) is 13.2. The molecule has 12 nitrogen and oxygen atoms in total. The van der Waals surface area contributed by atoms with Gasteiger partial charge in [0.1, 0.15) is 0 Å². The number of morpholine rings is 1. The number of carbonyl (C=O) groups excluding carboxylic acids is 1. The fourth-order valence-corrected chi connectivity index (χ4v) is 6.01. The van der Waals surface area contributed by atoms with Crippen LogP contribution in [0.5, 0.6) is 0 Å². The van der Waals surface area contributed by atoms with Gasteiger partial charge in [0.15, 0.2) is 0 Å². The zero-order valence-corrected chi connectivity index (χ0v) is 23.8. The minimum absolute atomic E-state index is 0.0983. The molecule has 2 aromatic carbocycles. The Morgan fingerprint density at radius 1 is 0.905 bits per heavy atom. The molecule has 1 fully saturated rings. The van der Waals surface area contributed by atoms with Crippen LogP contribution in [0.4, 0.5) is 16.2 Å². The molecule has 0 unspecified atom stereocenters. The highest BCUT2D eigenvalue weighted by Crippen LogP contribution is 2.28. The highest BCUT2D eigenvalue weighted by molar-refractivity contribution is 7.92. The van der Waals surface area contributed by atoms with Crippen molar-refractivity contribution in [1.29, 1.82) is 0 Å². The molecule has 13 heteroatoms. The maximum absolute atomic E-state index is 13.3. The van der Waals surface area contributed by atoms with Crippen molar-refractivity contribution >= 4 is 38.5 Å². The zero-order chi connectivity index (χ0) is 29.3. The van der Waals surface area contributed by atoms with Crippen molar-refractivity contribution in [2.24, 2.45) is 7.05 Å². The molecule has 1 saturated heterocycles. The largest absolute Gasteiger partial charge is 0.378 e. The summed E-state index contributed by atoms with van der Waals surface area (Å²) in [6.45, 7) is 3.69. The van der Waals surface area contributed by atoms with Crippen molar-refractivity contribution in [3.05, 3.63) is 79.0 Å². The van der Waals surface area contributed by atoms with Gasteiger partial charge >= 0.3 is 6.03 Å². The van der Waals surface area contributed by atoms with E-state index in [1.54, 1.807) is 53.3 Å². The van der Waals surface area contributed by atoms with Gasteiger partial charge < -0.3 is 15.0 Å². The first-order valence-corrected chi connectivity index (χ1v) is 14.7. The number of anilines is 2. The first kappa shape index (κ1) is 27.3. The van der Waals surface area contributed by atoms with Crippen LogP contribution in [0, 0.1) is 6.92 Å². The van der Waals surface area contributed by atoms with Gasteiger partial charge in [-0.3, -0.25) is 19.4 Å². The number of sulfonamides is 1. The van der Waals surface area contributed by atoms with E-state index in [2.05, 4.69) is 25.1 Å². The summed E-state index contributed by atoms with van der Waals surface area (Å²) < 4.78 is 36.3. The molecule has 0 bridgehead atoms. The van der Waals surface area contributed by atoms with E-state index in [0.29, 0.717) is 60.0 Å². The third-order valence-corrected chi connectivity index (χ3v) is 8.42. The molecule has 3 aromatic heterocycles. The molecule has 6 rings (SSSR count). The summed E-state index contributed by atoms with van der Waals surface area (Å²) in [4.78, 5) is 27.8. The highest BCUT2D eigenvalue weighted by Gasteiger charge is 2.20. The number of ether oxygens (including phenoxy) is 1. The van der Waals surface area contributed by atoms with E-state index in [1.807, 2.05) is 31.4 Å². The number of pyridine rings is 1. The lowest BCUT2D eigenvalue weighted by Crippen LogP contribution is -2.43. The fourth-order valence-electron chi connectivity index (χ4n) is 4.75. The Morgan fingerprint density at radius 3 is 2.50 bits per heavy atom. The van der Waals surface area contributed by atoms with Crippen molar-refractivity contribution in [2.45, 2.75) is 11.8 Å². The smallest absolute Gasteiger partial charge is 0.321 e. The standard InChI is InChI=1S/C29H28N8O4S/c1-19-11-23(33-29(38)37-7-9-41-10-8-37)4-6-28(19)42(39,40)35-24-12-21(14-30-16-24)20-3-5-25-26(13-20)34-27(17-31-25)22-15-32-36(2)18-22/h3-6,11-18,35H,7-10H2,1-2H3,(H,33,38). The molecule has 1 aliphatic rings. The monoisotopic (exact) mass is 584 g/mol. The number of urea groups is 1. The second kappa shape index (κ2) is 11.2. The summed E-state index contributed by atoms with van der Waals surface area (Å²) in [7, 11) is -2.10. The Morgan fingerprint density at radius 2 is 1.74 bits per heavy atom. The van der Waals surface area contributed by atoms with E-state index < -0.39 is 10.0 Å². The van der Waals surface area contributed by atoms with E-state index >= 15 is 0 Å². The fraction of sp³-hybridized carbons (Fsp3) is 0.207. The number of fused-ring (bicyclic) bond motifs is 1. The van der Waals surface area contributed by atoms with Gasteiger partial charge in [-0.15, -0.1) is 0 Å². The first-order chi connectivity index (χ1) is 20.2. The summed E-state index contributed by atoms with van der Waals surface area (Å²) in [6, 6.07) is 11.8. The van der Waals surface area contributed by atoms with E-state index in [4.69, 9.17) is 9.72 Å². The molecule has 0 atom stereocenters. The predicted octanol–water partition coefficient (Wildman–Crippen LogP) is 4.07. The van der Waals surface area contributed by atoms with Gasteiger partial charge in [0.25, 0.3) is 10.0 Å². The van der Waals surface area contributed by atoms with Gasteiger partial charge in [-0.2, -0.15) is 5.10 Å². The molecule has 5 aromatic rings. The lowest BCUT2D eigenvalue weighted by molar-refractivity contribution is 0.0564. The summed E-state index contributed by atoms with van der Waals surface area (Å²) in [5, 5.41) is 7.03. The van der Waals surface area contributed by atoms with E-state index in [9.17, 15) is 13.2 Å². The Kier molecular flexibility index (Phi) is 7.27. The normalized spacial score (nSPS) is 13.7.